The van der Waals surface area contributed by atoms with Gasteiger partial charge in [-0.15, -0.1) is 0 Å². The predicted octanol–water partition coefficient (Wildman–Crippen LogP) is 3.53. The highest BCUT2D eigenvalue weighted by atomic mass is 16.5. The Balaban J connectivity index is 2.88. The van der Waals surface area contributed by atoms with Gasteiger partial charge >= 0.3 is 5.97 Å². The lowest BCUT2D eigenvalue weighted by Crippen LogP contribution is -2.45. The first-order valence-electron chi connectivity index (χ1n) is 6.73. The zero-order valence-corrected chi connectivity index (χ0v) is 11.9. The Morgan fingerprint density at radius 1 is 1.32 bits per heavy atom. The minimum absolute atomic E-state index is 0.550. The lowest BCUT2D eigenvalue weighted by atomic mass is 9.89. The van der Waals surface area contributed by atoms with Crippen LogP contribution in [0, 0.1) is 0 Å². The van der Waals surface area contributed by atoms with Gasteiger partial charge in [-0.1, -0.05) is 26.7 Å². The number of unbranched alkanes of at least 4 members (excludes halogenated alkanes) is 1. The van der Waals surface area contributed by atoms with E-state index in [2.05, 4.69) is 12.2 Å². The van der Waals surface area contributed by atoms with E-state index in [9.17, 15) is 9.90 Å². The maximum atomic E-state index is 11.6. The fraction of sp³-hybridized carbons (Fsp3) is 0.533. The number of ether oxygens (including phenoxy) is 1. The van der Waals surface area contributed by atoms with Crippen LogP contribution >= 0.6 is 0 Å². The summed E-state index contributed by atoms with van der Waals surface area (Å²) in [4.78, 5) is 11.6. The maximum absolute atomic E-state index is 11.6. The Bertz CT molecular complexity index is 402. The number of carboxylic acid groups (broad SMARTS) is 1. The molecule has 0 fully saturated rings. The summed E-state index contributed by atoms with van der Waals surface area (Å²) in [5.41, 5.74) is -0.0777. The number of aliphatic carboxylic acids is 1. The fourth-order valence-electron chi connectivity index (χ4n) is 2.07. The zero-order chi connectivity index (χ0) is 14.3. The summed E-state index contributed by atoms with van der Waals surface area (Å²) in [6.07, 6.45) is 3.05. The van der Waals surface area contributed by atoms with Crippen LogP contribution in [0.5, 0.6) is 5.75 Å². The quantitative estimate of drug-likeness (QED) is 0.755. The second-order valence-electron chi connectivity index (χ2n) is 4.70. The van der Waals surface area contributed by atoms with Crippen molar-refractivity contribution in [3.8, 4) is 5.75 Å². The van der Waals surface area contributed by atoms with E-state index in [0.717, 1.165) is 24.3 Å². The summed E-state index contributed by atoms with van der Waals surface area (Å²) in [6.45, 7) is 3.97. The highest BCUT2D eigenvalue weighted by Gasteiger charge is 2.35. The van der Waals surface area contributed by atoms with E-state index in [-0.39, 0.29) is 0 Å². The normalized spacial score (nSPS) is 13.6. The van der Waals surface area contributed by atoms with E-state index < -0.39 is 11.5 Å². The second-order valence-corrected chi connectivity index (χ2v) is 4.70. The van der Waals surface area contributed by atoms with E-state index in [0.29, 0.717) is 12.8 Å². The van der Waals surface area contributed by atoms with Gasteiger partial charge in [-0.2, -0.15) is 0 Å². The molecule has 0 amide bonds. The van der Waals surface area contributed by atoms with Crippen molar-refractivity contribution >= 4 is 11.7 Å². The molecule has 0 heterocycles. The molecule has 0 bridgehead atoms. The molecule has 1 rings (SSSR count). The third-order valence-electron chi connectivity index (χ3n) is 3.44. The summed E-state index contributed by atoms with van der Waals surface area (Å²) in [6, 6.07) is 7.34. The van der Waals surface area contributed by atoms with E-state index >= 15 is 0 Å². The van der Waals surface area contributed by atoms with E-state index in [4.69, 9.17) is 4.74 Å². The number of rotatable bonds is 8. The molecular weight excluding hydrogens is 242 g/mol. The average molecular weight is 265 g/mol. The van der Waals surface area contributed by atoms with Gasteiger partial charge in [0.25, 0.3) is 0 Å². The molecule has 1 aromatic rings. The Kier molecular flexibility index (Phi) is 5.67. The number of nitrogens with one attached hydrogen (secondary N) is 1. The van der Waals surface area contributed by atoms with Crippen molar-refractivity contribution in [3.63, 3.8) is 0 Å². The van der Waals surface area contributed by atoms with E-state index in [1.807, 2.05) is 31.2 Å². The van der Waals surface area contributed by atoms with Crippen molar-refractivity contribution in [2.24, 2.45) is 0 Å². The standard InChI is InChI=1S/C15H23NO3/c1-4-6-11-15(5-2,14(17)18)16-12-7-9-13(19-3)10-8-12/h7-10,16H,4-6,11H2,1-3H3,(H,17,18). The first kappa shape index (κ1) is 15.3. The summed E-state index contributed by atoms with van der Waals surface area (Å²) in [7, 11) is 1.61. The predicted molar refractivity (Wildman–Crippen MR) is 76.8 cm³/mol. The van der Waals surface area contributed by atoms with Crippen LogP contribution in [-0.4, -0.2) is 23.7 Å². The van der Waals surface area contributed by atoms with Crippen molar-refractivity contribution in [2.45, 2.75) is 45.1 Å². The lowest BCUT2D eigenvalue weighted by Gasteiger charge is -2.30. The molecule has 0 saturated carbocycles. The number of carbonyl (C=O) groups is 1. The average Bonchev–Trinajstić information content (AvgIpc) is 2.44. The molecule has 1 atom stereocenters. The Morgan fingerprint density at radius 2 is 1.95 bits per heavy atom. The molecule has 0 aliphatic rings. The van der Waals surface area contributed by atoms with Crippen molar-refractivity contribution in [1.29, 1.82) is 0 Å². The number of carboxylic acids is 1. The molecule has 4 nitrogen and oxygen atoms in total. The van der Waals surface area contributed by atoms with Crippen molar-refractivity contribution in [1.82, 2.24) is 0 Å². The molecule has 0 radical (unpaired) electrons. The second kappa shape index (κ2) is 7.02. The first-order valence-corrected chi connectivity index (χ1v) is 6.73. The van der Waals surface area contributed by atoms with Gasteiger partial charge < -0.3 is 15.2 Å². The Labute approximate surface area is 114 Å². The highest BCUT2D eigenvalue weighted by molar-refractivity contribution is 5.82. The molecule has 1 unspecified atom stereocenters. The van der Waals surface area contributed by atoms with Crippen LogP contribution < -0.4 is 10.1 Å². The fourth-order valence-corrected chi connectivity index (χ4v) is 2.07. The van der Waals surface area contributed by atoms with Gasteiger partial charge in [0.2, 0.25) is 0 Å². The van der Waals surface area contributed by atoms with E-state index in [1.165, 1.54) is 0 Å². The molecule has 0 saturated heterocycles. The molecule has 106 valence electrons. The molecule has 19 heavy (non-hydrogen) atoms. The maximum Gasteiger partial charge on any atom is 0.329 e. The molecular formula is C15H23NO3. The number of anilines is 1. The van der Waals surface area contributed by atoms with Crippen LogP contribution in [0.3, 0.4) is 0 Å². The van der Waals surface area contributed by atoms with Crippen molar-refractivity contribution in [2.75, 3.05) is 12.4 Å². The van der Waals surface area contributed by atoms with Crippen molar-refractivity contribution < 1.29 is 14.6 Å². The number of hydrogen-bond acceptors (Lipinski definition) is 3. The minimum Gasteiger partial charge on any atom is -0.497 e. The third-order valence-corrected chi connectivity index (χ3v) is 3.44. The van der Waals surface area contributed by atoms with Crippen LogP contribution in [0.15, 0.2) is 24.3 Å². The third kappa shape index (κ3) is 3.88. The topological polar surface area (TPSA) is 58.6 Å². The molecule has 0 spiro atoms. The van der Waals surface area contributed by atoms with Crippen molar-refractivity contribution in [3.05, 3.63) is 24.3 Å². The minimum atomic E-state index is -0.884. The summed E-state index contributed by atoms with van der Waals surface area (Å²) < 4.78 is 5.09. The highest BCUT2D eigenvalue weighted by Crippen LogP contribution is 2.26. The van der Waals surface area contributed by atoms with Gasteiger partial charge in [0, 0.05) is 5.69 Å². The Hall–Kier alpha value is -1.71. The summed E-state index contributed by atoms with van der Waals surface area (Å²) >= 11 is 0. The van der Waals surface area contributed by atoms with Crippen LogP contribution in [0.2, 0.25) is 0 Å². The molecule has 1 aromatic carbocycles. The van der Waals surface area contributed by atoms with Crippen LogP contribution in [-0.2, 0) is 4.79 Å². The zero-order valence-electron chi connectivity index (χ0n) is 11.9. The Morgan fingerprint density at radius 3 is 2.37 bits per heavy atom. The van der Waals surface area contributed by atoms with Gasteiger partial charge in [-0.25, -0.2) is 4.79 Å². The lowest BCUT2D eigenvalue weighted by molar-refractivity contribution is -0.142. The van der Waals surface area contributed by atoms with Crippen LogP contribution in [0.4, 0.5) is 5.69 Å². The summed E-state index contributed by atoms with van der Waals surface area (Å²) in [5, 5.41) is 12.7. The number of benzene rings is 1. The molecule has 2 N–H and O–H groups in total. The molecule has 0 aliphatic heterocycles. The monoisotopic (exact) mass is 265 g/mol. The largest absolute Gasteiger partial charge is 0.497 e. The van der Waals surface area contributed by atoms with Crippen LogP contribution in [0.1, 0.15) is 39.5 Å². The molecule has 0 aliphatic carbocycles. The summed E-state index contributed by atoms with van der Waals surface area (Å²) in [5.74, 6) is -0.0317. The van der Waals surface area contributed by atoms with Gasteiger partial charge in [-0.3, -0.25) is 0 Å². The molecule has 4 heteroatoms. The van der Waals surface area contributed by atoms with E-state index in [1.54, 1.807) is 7.11 Å². The number of hydrogen-bond donors (Lipinski definition) is 2. The van der Waals surface area contributed by atoms with Crippen LogP contribution in [0.25, 0.3) is 0 Å². The van der Waals surface area contributed by atoms with Gasteiger partial charge in [0.1, 0.15) is 11.3 Å². The SMILES string of the molecule is CCCCC(CC)(Nc1ccc(OC)cc1)C(=O)O. The van der Waals surface area contributed by atoms with Gasteiger partial charge in [0.15, 0.2) is 0 Å². The number of methoxy groups -OCH3 is 1. The smallest absolute Gasteiger partial charge is 0.329 e. The van der Waals surface area contributed by atoms with Gasteiger partial charge in [-0.05, 0) is 37.1 Å². The van der Waals surface area contributed by atoms with Gasteiger partial charge in [0.05, 0.1) is 7.11 Å². The molecule has 0 aromatic heterocycles. The first-order chi connectivity index (χ1) is 9.07.